The number of carbonyl (C=O) groups is 1. The van der Waals surface area contributed by atoms with Gasteiger partial charge in [0.1, 0.15) is 0 Å². The van der Waals surface area contributed by atoms with E-state index in [1.807, 2.05) is 0 Å². The lowest BCUT2D eigenvalue weighted by Crippen LogP contribution is -1.93. The van der Waals surface area contributed by atoms with Crippen LogP contribution in [0.15, 0.2) is 12.2 Å². The van der Waals surface area contributed by atoms with Crippen molar-refractivity contribution in [2.45, 2.75) is 104 Å². The van der Waals surface area contributed by atoms with Crippen molar-refractivity contribution in [1.29, 1.82) is 0 Å². The van der Waals surface area contributed by atoms with Crippen LogP contribution >= 0.6 is 0 Å². The van der Waals surface area contributed by atoms with Gasteiger partial charge >= 0.3 is 5.97 Å². The van der Waals surface area contributed by atoms with Crippen molar-refractivity contribution >= 4 is 5.97 Å². The Morgan fingerprint density at radius 2 is 1.19 bits per heavy atom. The van der Waals surface area contributed by atoms with Crippen LogP contribution in [0.2, 0.25) is 0 Å². The second-order valence-corrected chi connectivity index (χ2v) is 5.73. The number of aliphatic carboxylic acids is 1. The van der Waals surface area contributed by atoms with Crippen molar-refractivity contribution < 1.29 is 9.90 Å². The highest BCUT2D eigenvalue weighted by Gasteiger charge is 1.95. The van der Waals surface area contributed by atoms with Crippen molar-refractivity contribution in [3.63, 3.8) is 0 Å². The average Bonchev–Trinajstić information content (AvgIpc) is 2.43. The standard InChI is InChI=1S/C18H34O2.CH4/c1-2-3-4-5-6-7-8-9-10-11-12-13-14-15-16-17-18(19)20;/h9-10H,2-8,11-17H2,1H3,(H,19,20);1H4. The van der Waals surface area contributed by atoms with Gasteiger partial charge in [-0.2, -0.15) is 0 Å². The molecule has 0 saturated heterocycles. The third-order valence-corrected chi connectivity index (χ3v) is 3.65. The molecule has 0 aliphatic rings. The molecule has 0 fully saturated rings. The Morgan fingerprint density at radius 1 is 0.762 bits per heavy atom. The molecule has 0 aromatic heterocycles. The summed E-state index contributed by atoms with van der Waals surface area (Å²) in [6.45, 7) is 2.26. The Bertz CT molecular complexity index is 234. The smallest absolute Gasteiger partial charge is 0.303 e. The molecular formula is C19H38O2. The first-order valence-electron chi connectivity index (χ1n) is 8.64. The van der Waals surface area contributed by atoms with Crippen LogP contribution in [0, 0.1) is 0 Å². The monoisotopic (exact) mass is 298 g/mol. The van der Waals surface area contributed by atoms with Gasteiger partial charge in [-0.1, -0.05) is 77.9 Å². The second-order valence-electron chi connectivity index (χ2n) is 5.73. The molecule has 0 bridgehead atoms. The van der Waals surface area contributed by atoms with Crippen LogP contribution in [-0.4, -0.2) is 11.1 Å². The van der Waals surface area contributed by atoms with Crippen LogP contribution < -0.4 is 0 Å². The lowest BCUT2D eigenvalue weighted by molar-refractivity contribution is -0.137. The number of hydrogen-bond acceptors (Lipinski definition) is 1. The summed E-state index contributed by atoms with van der Waals surface area (Å²) in [7, 11) is 0. The molecule has 0 aliphatic carbocycles. The third kappa shape index (κ3) is 21.7. The molecule has 126 valence electrons. The van der Waals surface area contributed by atoms with E-state index in [1.54, 1.807) is 0 Å². The van der Waals surface area contributed by atoms with Crippen molar-refractivity contribution in [2.24, 2.45) is 0 Å². The Morgan fingerprint density at radius 3 is 1.67 bits per heavy atom. The molecule has 0 atom stereocenters. The van der Waals surface area contributed by atoms with Gasteiger partial charge in [0.25, 0.3) is 0 Å². The van der Waals surface area contributed by atoms with Gasteiger partial charge in [-0.25, -0.2) is 0 Å². The van der Waals surface area contributed by atoms with Crippen LogP contribution in [0.25, 0.3) is 0 Å². The molecule has 1 N–H and O–H groups in total. The van der Waals surface area contributed by atoms with Gasteiger partial charge in [-0.15, -0.1) is 0 Å². The molecule has 0 radical (unpaired) electrons. The van der Waals surface area contributed by atoms with E-state index in [0.29, 0.717) is 6.42 Å². The molecule has 0 amide bonds. The van der Waals surface area contributed by atoms with Gasteiger partial charge in [0.2, 0.25) is 0 Å². The quantitative estimate of drug-likeness (QED) is 0.268. The number of carboxylic acid groups (broad SMARTS) is 1. The lowest BCUT2D eigenvalue weighted by Gasteiger charge is -1.99. The molecule has 2 heteroatoms. The van der Waals surface area contributed by atoms with Crippen LogP contribution in [0.4, 0.5) is 0 Å². The normalized spacial score (nSPS) is 10.7. The number of hydrogen-bond donors (Lipinski definition) is 1. The molecule has 21 heavy (non-hydrogen) atoms. The maximum absolute atomic E-state index is 10.3. The van der Waals surface area contributed by atoms with E-state index in [-0.39, 0.29) is 7.43 Å². The molecule has 0 spiro atoms. The van der Waals surface area contributed by atoms with Gasteiger partial charge < -0.3 is 5.11 Å². The first-order chi connectivity index (χ1) is 9.77. The Labute approximate surface area is 133 Å². The maximum Gasteiger partial charge on any atom is 0.303 e. The molecule has 0 rings (SSSR count). The topological polar surface area (TPSA) is 37.3 Å². The summed E-state index contributed by atoms with van der Waals surface area (Å²) in [4.78, 5) is 10.3. The Balaban J connectivity index is 0. The largest absolute Gasteiger partial charge is 0.481 e. The third-order valence-electron chi connectivity index (χ3n) is 3.65. The first-order valence-corrected chi connectivity index (χ1v) is 8.64. The van der Waals surface area contributed by atoms with E-state index in [9.17, 15) is 4.79 Å². The van der Waals surface area contributed by atoms with Crippen LogP contribution in [0.1, 0.15) is 104 Å². The van der Waals surface area contributed by atoms with E-state index in [4.69, 9.17) is 5.11 Å². The average molecular weight is 299 g/mol. The predicted molar refractivity (Wildman–Crippen MR) is 93.8 cm³/mol. The summed E-state index contributed by atoms with van der Waals surface area (Å²) in [6.07, 6.45) is 21.2. The van der Waals surface area contributed by atoms with Crippen molar-refractivity contribution in [3.05, 3.63) is 12.2 Å². The zero-order valence-electron chi connectivity index (χ0n) is 13.4. The molecular weight excluding hydrogens is 260 g/mol. The van der Waals surface area contributed by atoms with E-state index in [1.165, 1.54) is 70.6 Å². The SMILES string of the molecule is C.CCCCCCCCC=CCCCCCCCC(=O)O. The minimum absolute atomic E-state index is 0. The minimum Gasteiger partial charge on any atom is -0.481 e. The minimum atomic E-state index is -0.664. The van der Waals surface area contributed by atoms with Gasteiger partial charge in [-0.3, -0.25) is 4.79 Å². The second kappa shape index (κ2) is 19.2. The number of carboxylic acids is 1. The van der Waals surface area contributed by atoms with Crippen LogP contribution in [0.3, 0.4) is 0 Å². The van der Waals surface area contributed by atoms with Gasteiger partial charge in [0, 0.05) is 6.42 Å². The fraction of sp³-hybridized carbons (Fsp3) is 0.842. The fourth-order valence-electron chi connectivity index (χ4n) is 2.35. The highest BCUT2D eigenvalue weighted by Crippen LogP contribution is 2.09. The summed E-state index contributed by atoms with van der Waals surface area (Å²) in [6, 6.07) is 0. The van der Waals surface area contributed by atoms with Crippen LogP contribution in [0.5, 0.6) is 0 Å². The molecule has 0 aromatic carbocycles. The molecule has 0 unspecified atom stereocenters. The summed E-state index contributed by atoms with van der Waals surface area (Å²) < 4.78 is 0. The van der Waals surface area contributed by atoms with Crippen molar-refractivity contribution in [2.75, 3.05) is 0 Å². The first kappa shape index (κ1) is 22.5. The number of unbranched alkanes of at least 4 members (excludes halogenated alkanes) is 11. The zero-order valence-corrected chi connectivity index (χ0v) is 13.4. The number of allylic oxidation sites excluding steroid dienone is 2. The fourth-order valence-corrected chi connectivity index (χ4v) is 2.35. The summed E-state index contributed by atoms with van der Waals surface area (Å²) in [5.74, 6) is -0.664. The van der Waals surface area contributed by atoms with Gasteiger partial charge in [-0.05, 0) is 32.1 Å². The van der Waals surface area contributed by atoms with Crippen LogP contribution in [-0.2, 0) is 4.79 Å². The van der Waals surface area contributed by atoms with Gasteiger partial charge in [0.15, 0.2) is 0 Å². The Hall–Kier alpha value is -0.790. The zero-order chi connectivity index (χ0) is 14.9. The molecule has 0 saturated carbocycles. The molecule has 0 heterocycles. The molecule has 0 aromatic rings. The Kier molecular flexibility index (Phi) is 20.6. The molecule has 2 nitrogen and oxygen atoms in total. The lowest BCUT2D eigenvalue weighted by atomic mass is 10.1. The number of rotatable bonds is 15. The van der Waals surface area contributed by atoms with E-state index >= 15 is 0 Å². The summed E-state index contributed by atoms with van der Waals surface area (Å²) in [5.41, 5.74) is 0. The summed E-state index contributed by atoms with van der Waals surface area (Å²) >= 11 is 0. The van der Waals surface area contributed by atoms with Gasteiger partial charge in [0.05, 0.1) is 0 Å². The highest BCUT2D eigenvalue weighted by atomic mass is 16.4. The van der Waals surface area contributed by atoms with E-state index in [2.05, 4.69) is 19.1 Å². The van der Waals surface area contributed by atoms with Crippen molar-refractivity contribution in [1.82, 2.24) is 0 Å². The highest BCUT2D eigenvalue weighted by molar-refractivity contribution is 5.66. The van der Waals surface area contributed by atoms with Crippen molar-refractivity contribution in [3.8, 4) is 0 Å². The van der Waals surface area contributed by atoms with E-state index in [0.717, 1.165) is 12.8 Å². The maximum atomic E-state index is 10.3. The predicted octanol–water partition coefficient (Wildman–Crippen LogP) is 6.74. The van der Waals surface area contributed by atoms with E-state index < -0.39 is 5.97 Å². The molecule has 0 aliphatic heterocycles. The summed E-state index contributed by atoms with van der Waals surface area (Å²) in [5, 5.41) is 8.51.